The Balaban J connectivity index is 0.00000126. The molecule has 178 valence electrons. The molecule has 3 heterocycles. The van der Waals surface area contributed by atoms with Gasteiger partial charge in [0.05, 0.1) is 30.4 Å². The number of hydrogen-bond acceptors (Lipinski definition) is 7. The van der Waals surface area contributed by atoms with Crippen LogP contribution in [0.4, 0.5) is 5.95 Å². The molecule has 1 saturated carbocycles. The lowest BCUT2D eigenvalue weighted by molar-refractivity contribution is -0.0712. The van der Waals surface area contributed by atoms with Crippen molar-refractivity contribution in [2.75, 3.05) is 31.6 Å². The van der Waals surface area contributed by atoms with Crippen LogP contribution in [0.15, 0.2) is 36.7 Å². The molecular formula is C25H36N6O2. The van der Waals surface area contributed by atoms with Crippen molar-refractivity contribution in [2.24, 2.45) is 5.84 Å². The van der Waals surface area contributed by atoms with Crippen LogP contribution in [0.2, 0.25) is 0 Å². The van der Waals surface area contributed by atoms with Crippen LogP contribution >= 0.6 is 0 Å². The highest BCUT2D eigenvalue weighted by atomic mass is 16.5. The Morgan fingerprint density at radius 1 is 1.09 bits per heavy atom. The number of nitrogens with one attached hydrogen (secondary N) is 2. The van der Waals surface area contributed by atoms with Gasteiger partial charge in [-0.1, -0.05) is 38.1 Å². The standard InChI is InChI=1S/C23H30N6O2.C2H6/c24-28-21(30)18-12-25-22(26-13-18)27-23(8-1-9-23)19-4-2-16(3-5-19)17-6-10-29(11-7-17)20-14-31-15-20;1-2/h2-5,12-13,17,20H,1,6-11,14-15,24H2,(H,28,30)(H,25,26,27);1-2H3. The van der Waals surface area contributed by atoms with Gasteiger partial charge >= 0.3 is 0 Å². The Hall–Kier alpha value is -2.55. The van der Waals surface area contributed by atoms with Crippen molar-refractivity contribution in [3.63, 3.8) is 0 Å². The maximum Gasteiger partial charge on any atom is 0.268 e. The number of hydrogen-bond donors (Lipinski definition) is 3. The van der Waals surface area contributed by atoms with E-state index in [1.54, 1.807) is 0 Å². The second-order valence-electron chi connectivity index (χ2n) is 8.95. The van der Waals surface area contributed by atoms with E-state index in [1.165, 1.54) is 55.9 Å². The number of ether oxygens (including phenoxy) is 1. The Labute approximate surface area is 196 Å². The molecule has 4 N–H and O–H groups in total. The molecule has 3 aliphatic rings. The molecule has 0 unspecified atom stereocenters. The van der Waals surface area contributed by atoms with Crippen LogP contribution in [-0.2, 0) is 10.3 Å². The maximum atomic E-state index is 11.6. The summed E-state index contributed by atoms with van der Waals surface area (Å²) in [4.78, 5) is 22.8. The van der Waals surface area contributed by atoms with Crippen molar-refractivity contribution < 1.29 is 9.53 Å². The largest absolute Gasteiger partial charge is 0.378 e. The van der Waals surface area contributed by atoms with Crippen LogP contribution < -0.4 is 16.6 Å². The molecule has 2 aromatic rings. The lowest BCUT2D eigenvalue weighted by Crippen LogP contribution is -2.51. The summed E-state index contributed by atoms with van der Waals surface area (Å²) in [6, 6.07) is 9.79. The number of carbonyl (C=O) groups is 1. The highest BCUT2D eigenvalue weighted by molar-refractivity contribution is 5.93. The number of carbonyl (C=O) groups excluding carboxylic acids is 1. The second kappa shape index (κ2) is 10.6. The average molecular weight is 453 g/mol. The number of hydrazine groups is 1. The second-order valence-corrected chi connectivity index (χ2v) is 8.95. The van der Waals surface area contributed by atoms with E-state index in [4.69, 9.17) is 10.6 Å². The van der Waals surface area contributed by atoms with Crippen molar-refractivity contribution in [1.82, 2.24) is 20.3 Å². The van der Waals surface area contributed by atoms with Gasteiger partial charge in [-0.2, -0.15) is 0 Å². The van der Waals surface area contributed by atoms with Crippen LogP contribution in [0.1, 0.15) is 73.4 Å². The third-order valence-electron chi connectivity index (χ3n) is 7.20. The molecular weight excluding hydrogens is 416 g/mol. The van der Waals surface area contributed by atoms with Gasteiger partial charge in [-0.25, -0.2) is 15.8 Å². The van der Waals surface area contributed by atoms with E-state index in [9.17, 15) is 4.79 Å². The summed E-state index contributed by atoms with van der Waals surface area (Å²) < 4.78 is 5.35. The predicted molar refractivity (Wildman–Crippen MR) is 129 cm³/mol. The van der Waals surface area contributed by atoms with Gasteiger partial charge in [0, 0.05) is 12.4 Å². The number of amides is 1. The van der Waals surface area contributed by atoms with Gasteiger partial charge in [0.2, 0.25) is 5.95 Å². The quantitative estimate of drug-likeness (QED) is 0.351. The number of benzene rings is 1. The summed E-state index contributed by atoms with van der Waals surface area (Å²) in [6.07, 6.45) is 8.69. The van der Waals surface area contributed by atoms with E-state index < -0.39 is 5.91 Å². The monoisotopic (exact) mass is 452 g/mol. The zero-order chi connectivity index (χ0) is 23.3. The third kappa shape index (κ3) is 5.03. The summed E-state index contributed by atoms with van der Waals surface area (Å²) >= 11 is 0. The van der Waals surface area contributed by atoms with Crippen molar-refractivity contribution in [3.8, 4) is 0 Å². The first kappa shape index (κ1) is 23.6. The highest BCUT2D eigenvalue weighted by Gasteiger charge is 2.39. The van der Waals surface area contributed by atoms with Crippen molar-refractivity contribution >= 4 is 11.9 Å². The zero-order valence-corrected chi connectivity index (χ0v) is 19.7. The van der Waals surface area contributed by atoms with Gasteiger partial charge in [-0.15, -0.1) is 0 Å². The minimum atomic E-state index is -0.396. The number of rotatable bonds is 6. The molecule has 0 spiro atoms. The molecule has 0 atom stereocenters. The zero-order valence-electron chi connectivity index (χ0n) is 19.7. The summed E-state index contributed by atoms with van der Waals surface area (Å²) in [5, 5.41) is 3.52. The Kier molecular flexibility index (Phi) is 7.57. The number of aromatic nitrogens is 2. The van der Waals surface area contributed by atoms with Crippen molar-refractivity contribution in [3.05, 3.63) is 53.3 Å². The SMILES string of the molecule is CC.NNC(=O)c1cnc(NC2(c3ccc(C4CCN(C5COC5)CC4)cc3)CCC2)nc1. The molecule has 0 bridgehead atoms. The Morgan fingerprint density at radius 2 is 1.73 bits per heavy atom. The van der Waals surface area contributed by atoms with Gasteiger partial charge in [0.1, 0.15) is 0 Å². The van der Waals surface area contributed by atoms with Crippen molar-refractivity contribution in [2.45, 2.75) is 63.5 Å². The van der Waals surface area contributed by atoms with E-state index in [-0.39, 0.29) is 5.54 Å². The molecule has 3 fully saturated rings. The molecule has 0 radical (unpaired) electrons. The van der Waals surface area contributed by atoms with E-state index in [0.29, 0.717) is 23.5 Å². The lowest BCUT2D eigenvalue weighted by atomic mass is 9.71. The van der Waals surface area contributed by atoms with E-state index >= 15 is 0 Å². The highest BCUT2D eigenvalue weighted by Crippen LogP contribution is 2.44. The first-order chi connectivity index (χ1) is 16.2. The Bertz CT molecular complexity index is 901. The number of nitrogens with two attached hydrogens (primary N) is 1. The summed E-state index contributed by atoms with van der Waals surface area (Å²) in [5.74, 6) is 5.94. The number of piperidine rings is 1. The average Bonchev–Trinajstić information content (AvgIpc) is 2.82. The smallest absolute Gasteiger partial charge is 0.268 e. The van der Waals surface area contributed by atoms with E-state index in [1.807, 2.05) is 13.8 Å². The molecule has 33 heavy (non-hydrogen) atoms. The van der Waals surface area contributed by atoms with Gasteiger partial charge in [0.25, 0.3) is 5.91 Å². The number of nitrogen functional groups attached to an aromatic ring is 1. The molecule has 1 aliphatic carbocycles. The van der Waals surface area contributed by atoms with Gasteiger partial charge < -0.3 is 10.1 Å². The topological polar surface area (TPSA) is 105 Å². The van der Waals surface area contributed by atoms with Crippen LogP contribution in [0, 0.1) is 0 Å². The fourth-order valence-electron chi connectivity index (χ4n) is 4.93. The first-order valence-electron chi connectivity index (χ1n) is 12.2. The summed E-state index contributed by atoms with van der Waals surface area (Å²) in [5.41, 5.74) is 5.02. The fourth-order valence-corrected chi connectivity index (χ4v) is 4.93. The normalized spacial score (nSPS) is 20.6. The first-order valence-corrected chi connectivity index (χ1v) is 12.2. The number of anilines is 1. The molecule has 1 aromatic heterocycles. The van der Waals surface area contributed by atoms with E-state index in [2.05, 4.69) is 49.9 Å². The number of likely N-dealkylation sites (tertiary alicyclic amines) is 1. The molecule has 5 rings (SSSR count). The summed E-state index contributed by atoms with van der Waals surface area (Å²) in [6.45, 7) is 8.14. The molecule has 2 saturated heterocycles. The molecule has 8 heteroatoms. The molecule has 2 aliphatic heterocycles. The molecule has 8 nitrogen and oxygen atoms in total. The molecule has 1 aromatic carbocycles. The number of nitrogens with zero attached hydrogens (tertiary/aromatic N) is 3. The van der Waals surface area contributed by atoms with Crippen LogP contribution in [0.3, 0.4) is 0 Å². The van der Waals surface area contributed by atoms with Crippen LogP contribution in [0.5, 0.6) is 0 Å². The predicted octanol–water partition coefficient (Wildman–Crippen LogP) is 3.18. The lowest BCUT2D eigenvalue weighted by Gasteiger charge is -2.43. The van der Waals surface area contributed by atoms with Gasteiger partial charge in [-0.3, -0.25) is 15.1 Å². The van der Waals surface area contributed by atoms with Crippen LogP contribution in [-0.4, -0.2) is 53.1 Å². The van der Waals surface area contributed by atoms with E-state index in [0.717, 1.165) is 26.1 Å². The minimum Gasteiger partial charge on any atom is -0.378 e. The van der Waals surface area contributed by atoms with Crippen LogP contribution in [0.25, 0.3) is 0 Å². The summed E-state index contributed by atoms with van der Waals surface area (Å²) in [7, 11) is 0. The van der Waals surface area contributed by atoms with Gasteiger partial charge in [-0.05, 0) is 62.2 Å². The van der Waals surface area contributed by atoms with Gasteiger partial charge in [0.15, 0.2) is 0 Å². The fraction of sp³-hybridized carbons (Fsp3) is 0.560. The maximum absolute atomic E-state index is 11.6. The third-order valence-corrected chi connectivity index (χ3v) is 7.20. The molecule has 1 amide bonds. The van der Waals surface area contributed by atoms with Crippen molar-refractivity contribution in [1.29, 1.82) is 0 Å². The Morgan fingerprint density at radius 3 is 2.21 bits per heavy atom. The minimum absolute atomic E-state index is 0.135.